The molecule has 5 heteroatoms. The van der Waals surface area contributed by atoms with Crippen LogP contribution in [0.15, 0.2) is 18.2 Å². The number of likely N-dealkylation sites (N-methyl/N-ethyl adjacent to an activating group) is 1. The minimum Gasteiger partial charge on any atom is -0.493 e. The highest BCUT2D eigenvalue weighted by molar-refractivity contribution is 6.18. The third-order valence-corrected chi connectivity index (χ3v) is 3.06. The Labute approximate surface area is 119 Å². The van der Waals surface area contributed by atoms with E-state index in [1.54, 1.807) is 25.2 Å². The highest BCUT2D eigenvalue weighted by atomic mass is 35.5. The van der Waals surface area contributed by atoms with Gasteiger partial charge in [0.1, 0.15) is 0 Å². The van der Waals surface area contributed by atoms with Gasteiger partial charge in [-0.3, -0.25) is 4.79 Å². The summed E-state index contributed by atoms with van der Waals surface area (Å²) in [6.45, 7) is 3.18. The van der Waals surface area contributed by atoms with Gasteiger partial charge in [0.15, 0.2) is 11.5 Å². The molecule has 0 aromatic heterocycles. The molecule has 1 rings (SSSR count). The molecule has 1 aromatic rings. The average Bonchev–Trinajstić information content (AvgIpc) is 2.44. The second kappa shape index (κ2) is 7.89. The zero-order valence-corrected chi connectivity index (χ0v) is 12.4. The minimum atomic E-state index is 0.0652. The molecule has 0 heterocycles. The van der Waals surface area contributed by atoms with Crippen molar-refractivity contribution >= 4 is 17.5 Å². The van der Waals surface area contributed by atoms with Crippen LogP contribution in [-0.2, 0) is 11.2 Å². The van der Waals surface area contributed by atoms with Crippen LogP contribution in [0.1, 0.15) is 12.5 Å². The summed E-state index contributed by atoms with van der Waals surface area (Å²) in [4.78, 5) is 13.8. The molecule has 0 aliphatic carbocycles. The predicted molar refractivity (Wildman–Crippen MR) is 76.2 cm³/mol. The number of alkyl halides is 1. The summed E-state index contributed by atoms with van der Waals surface area (Å²) in [6.07, 6.45) is 0.338. The molecule has 0 fully saturated rings. The Morgan fingerprint density at radius 2 is 1.95 bits per heavy atom. The van der Waals surface area contributed by atoms with E-state index in [2.05, 4.69) is 0 Å². The molecule has 0 atom stereocenters. The molecule has 0 saturated heterocycles. The standard InChI is InChI=1S/C14H20ClNO3/c1-4-16(8-7-15)14(17)10-11-5-6-12(18-2)13(9-11)19-3/h5-6,9H,4,7-8,10H2,1-3H3. The zero-order chi connectivity index (χ0) is 14.3. The van der Waals surface area contributed by atoms with E-state index in [1.807, 2.05) is 19.1 Å². The molecule has 19 heavy (non-hydrogen) atoms. The fourth-order valence-electron chi connectivity index (χ4n) is 1.84. The van der Waals surface area contributed by atoms with Gasteiger partial charge in [-0.15, -0.1) is 11.6 Å². The highest BCUT2D eigenvalue weighted by Crippen LogP contribution is 2.27. The molecule has 0 spiro atoms. The van der Waals surface area contributed by atoms with Crippen molar-refractivity contribution < 1.29 is 14.3 Å². The van der Waals surface area contributed by atoms with Crippen LogP contribution in [0.4, 0.5) is 0 Å². The molecule has 0 bridgehead atoms. The number of nitrogens with zero attached hydrogens (tertiary/aromatic N) is 1. The molecule has 4 nitrogen and oxygen atoms in total. The highest BCUT2D eigenvalue weighted by Gasteiger charge is 2.13. The zero-order valence-electron chi connectivity index (χ0n) is 11.6. The number of benzene rings is 1. The number of amides is 1. The number of methoxy groups -OCH3 is 2. The van der Waals surface area contributed by atoms with Gasteiger partial charge < -0.3 is 14.4 Å². The Morgan fingerprint density at radius 3 is 2.47 bits per heavy atom. The van der Waals surface area contributed by atoms with Crippen LogP contribution in [0.3, 0.4) is 0 Å². The fourth-order valence-corrected chi connectivity index (χ4v) is 2.04. The van der Waals surface area contributed by atoms with E-state index in [1.165, 1.54) is 0 Å². The largest absolute Gasteiger partial charge is 0.493 e. The second-order valence-electron chi connectivity index (χ2n) is 4.03. The molecule has 0 N–H and O–H groups in total. The third kappa shape index (κ3) is 4.31. The first kappa shape index (κ1) is 15.6. The Hall–Kier alpha value is -1.42. The first-order chi connectivity index (χ1) is 9.15. The lowest BCUT2D eigenvalue weighted by molar-refractivity contribution is -0.130. The van der Waals surface area contributed by atoms with E-state index >= 15 is 0 Å². The van der Waals surface area contributed by atoms with Gasteiger partial charge >= 0.3 is 0 Å². The van der Waals surface area contributed by atoms with Gasteiger partial charge in [-0.05, 0) is 24.6 Å². The first-order valence-electron chi connectivity index (χ1n) is 6.20. The fraction of sp³-hybridized carbons (Fsp3) is 0.500. The van der Waals surface area contributed by atoms with Crippen LogP contribution >= 0.6 is 11.6 Å². The lowest BCUT2D eigenvalue weighted by Gasteiger charge is -2.19. The van der Waals surface area contributed by atoms with Crippen LogP contribution in [0.2, 0.25) is 0 Å². The topological polar surface area (TPSA) is 38.8 Å². The second-order valence-corrected chi connectivity index (χ2v) is 4.41. The Balaban J connectivity index is 2.79. The average molecular weight is 286 g/mol. The van der Waals surface area contributed by atoms with Gasteiger partial charge in [-0.25, -0.2) is 0 Å². The van der Waals surface area contributed by atoms with Crippen molar-refractivity contribution in [1.29, 1.82) is 0 Å². The summed E-state index contributed by atoms with van der Waals surface area (Å²) >= 11 is 5.68. The van der Waals surface area contributed by atoms with Gasteiger partial charge in [0.05, 0.1) is 20.6 Å². The van der Waals surface area contributed by atoms with E-state index in [4.69, 9.17) is 21.1 Å². The van der Waals surface area contributed by atoms with E-state index < -0.39 is 0 Å². The summed E-state index contributed by atoms with van der Waals surface area (Å²) in [5.74, 6) is 1.81. The number of halogens is 1. The van der Waals surface area contributed by atoms with Crippen molar-refractivity contribution in [3.63, 3.8) is 0 Å². The molecule has 1 aromatic carbocycles. The lowest BCUT2D eigenvalue weighted by atomic mass is 10.1. The number of ether oxygens (including phenoxy) is 2. The molecular formula is C14H20ClNO3. The summed E-state index contributed by atoms with van der Waals surface area (Å²) in [5.41, 5.74) is 0.899. The van der Waals surface area contributed by atoms with Crippen molar-refractivity contribution in [2.24, 2.45) is 0 Å². The quantitative estimate of drug-likeness (QED) is 0.722. The van der Waals surface area contributed by atoms with Gasteiger partial charge in [-0.2, -0.15) is 0 Å². The first-order valence-corrected chi connectivity index (χ1v) is 6.74. The molecule has 106 valence electrons. The molecule has 1 amide bonds. The van der Waals surface area contributed by atoms with Crippen LogP contribution in [0, 0.1) is 0 Å². The third-order valence-electron chi connectivity index (χ3n) is 2.89. The van der Waals surface area contributed by atoms with Gasteiger partial charge in [0.2, 0.25) is 5.91 Å². The normalized spacial score (nSPS) is 10.1. The number of hydrogen-bond acceptors (Lipinski definition) is 3. The predicted octanol–water partition coefficient (Wildman–Crippen LogP) is 2.33. The van der Waals surface area contributed by atoms with E-state index in [-0.39, 0.29) is 5.91 Å². The number of carbonyl (C=O) groups is 1. The number of hydrogen-bond donors (Lipinski definition) is 0. The Kier molecular flexibility index (Phi) is 6.50. The maximum atomic E-state index is 12.1. The monoisotopic (exact) mass is 285 g/mol. The van der Waals surface area contributed by atoms with Gasteiger partial charge in [-0.1, -0.05) is 6.07 Å². The molecule has 0 aliphatic heterocycles. The van der Waals surface area contributed by atoms with Crippen LogP contribution in [-0.4, -0.2) is 44.0 Å². The van der Waals surface area contributed by atoms with E-state index in [0.29, 0.717) is 36.9 Å². The van der Waals surface area contributed by atoms with Crippen molar-refractivity contribution in [3.05, 3.63) is 23.8 Å². The SMILES string of the molecule is CCN(CCCl)C(=O)Cc1ccc(OC)c(OC)c1. The summed E-state index contributed by atoms with van der Waals surface area (Å²) in [7, 11) is 3.16. The molecular weight excluding hydrogens is 266 g/mol. The van der Waals surface area contributed by atoms with Crippen molar-refractivity contribution in [3.8, 4) is 11.5 Å². The molecule has 0 saturated carbocycles. The maximum absolute atomic E-state index is 12.1. The lowest BCUT2D eigenvalue weighted by Crippen LogP contribution is -2.33. The van der Waals surface area contributed by atoms with Crippen LogP contribution in [0.25, 0.3) is 0 Å². The summed E-state index contributed by atoms with van der Waals surface area (Å²) in [5, 5.41) is 0. The smallest absolute Gasteiger partial charge is 0.227 e. The van der Waals surface area contributed by atoms with E-state index in [9.17, 15) is 4.79 Å². The molecule has 0 unspecified atom stereocenters. The van der Waals surface area contributed by atoms with Crippen molar-refractivity contribution in [2.75, 3.05) is 33.2 Å². The molecule has 0 radical (unpaired) electrons. The van der Waals surface area contributed by atoms with Crippen molar-refractivity contribution in [2.45, 2.75) is 13.3 Å². The Morgan fingerprint density at radius 1 is 1.26 bits per heavy atom. The summed E-state index contributed by atoms with van der Waals surface area (Å²) in [6, 6.07) is 5.50. The summed E-state index contributed by atoms with van der Waals surface area (Å²) < 4.78 is 10.4. The maximum Gasteiger partial charge on any atom is 0.227 e. The molecule has 0 aliphatic rings. The van der Waals surface area contributed by atoms with Crippen molar-refractivity contribution in [1.82, 2.24) is 4.90 Å². The van der Waals surface area contributed by atoms with Gasteiger partial charge in [0, 0.05) is 19.0 Å². The Bertz CT molecular complexity index is 423. The number of rotatable bonds is 7. The van der Waals surface area contributed by atoms with Gasteiger partial charge in [0.25, 0.3) is 0 Å². The van der Waals surface area contributed by atoms with Crippen LogP contribution < -0.4 is 9.47 Å². The van der Waals surface area contributed by atoms with E-state index in [0.717, 1.165) is 5.56 Å². The number of carbonyl (C=O) groups excluding carboxylic acids is 1. The minimum absolute atomic E-state index is 0.0652. The van der Waals surface area contributed by atoms with Crippen LogP contribution in [0.5, 0.6) is 11.5 Å².